The molecule has 1 unspecified atom stereocenters. The van der Waals surface area contributed by atoms with E-state index in [4.69, 9.17) is 5.73 Å². The summed E-state index contributed by atoms with van der Waals surface area (Å²) in [6.45, 7) is 4.57. The Kier molecular flexibility index (Phi) is 5.75. The minimum atomic E-state index is -0.546. The predicted molar refractivity (Wildman–Crippen MR) is 85.8 cm³/mol. The number of primary amides is 1. The van der Waals surface area contributed by atoms with Crippen molar-refractivity contribution in [3.8, 4) is 0 Å². The van der Waals surface area contributed by atoms with Gasteiger partial charge in [0.05, 0.1) is 5.54 Å². The van der Waals surface area contributed by atoms with Crippen LogP contribution in [0.1, 0.15) is 42.1 Å². The molecule has 1 fully saturated rings. The van der Waals surface area contributed by atoms with Crippen LogP contribution in [0.5, 0.6) is 0 Å². The molecule has 5 nitrogen and oxygen atoms in total. The highest BCUT2D eigenvalue weighted by Gasteiger charge is 2.34. The fourth-order valence-electron chi connectivity index (χ4n) is 2.48. The van der Waals surface area contributed by atoms with Crippen molar-refractivity contribution in [2.24, 2.45) is 5.73 Å². The van der Waals surface area contributed by atoms with E-state index in [1.807, 2.05) is 13.8 Å². The Labute approximate surface area is 131 Å². The first-order valence-electron chi connectivity index (χ1n) is 6.89. The van der Waals surface area contributed by atoms with Crippen LogP contribution in [-0.2, 0) is 4.79 Å². The second kappa shape index (κ2) is 6.91. The maximum atomic E-state index is 12.4. The Bertz CT molecular complexity index is 540. The summed E-state index contributed by atoms with van der Waals surface area (Å²) in [6.07, 6.45) is 2.95. The quantitative estimate of drug-likeness (QED) is 0.798. The molecular weight excluding hydrogens is 290 g/mol. The van der Waals surface area contributed by atoms with Gasteiger partial charge in [0.25, 0.3) is 0 Å². The molecule has 0 saturated carbocycles. The van der Waals surface area contributed by atoms with Gasteiger partial charge in [-0.2, -0.15) is 0 Å². The Morgan fingerprint density at radius 3 is 2.62 bits per heavy atom. The molecule has 1 heterocycles. The highest BCUT2D eigenvalue weighted by molar-refractivity contribution is 6.00. The molecule has 6 heteroatoms. The van der Waals surface area contributed by atoms with Gasteiger partial charge in [-0.1, -0.05) is 6.07 Å². The minimum absolute atomic E-state index is 0. The van der Waals surface area contributed by atoms with Crippen LogP contribution in [0.25, 0.3) is 0 Å². The molecule has 0 spiro atoms. The molecule has 116 valence electrons. The van der Waals surface area contributed by atoms with E-state index in [2.05, 4.69) is 10.6 Å². The SMILES string of the molecule is Cc1ccc(NC(=O)C2(C)CCCCN2)cc1C(N)=O.Cl. The second-order valence-electron chi connectivity index (χ2n) is 5.56. The van der Waals surface area contributed by atoms with Crippen LogP contribution in [0.4, 0.5) is 5.69 Å². The highest BCUT2D eigenvalue weighted by atomic mass is 35.5. The molecule has 1 aromatic rings. The van der Waals surface area contributed by atoms with E-state index in [1.165, 1.54) is 0 Å². The lowest BCUT2D eigenvalue weighted by atomic mass is 9.90. The zero-order chi connectivity index (χ0) is 14.8. The summed E-state index contributed by atoms with van der Waals surface area (Å²) >= 11 is 0. The average molecular weight is 312 g/mol. The number of carbonyl (C=O) groups excluding carboxylic acids is 2. The summed E-state index contributed by atoms with van der Waals surface area (Å²) in [6, 6.07) is 5.19. The van der Waals surface area contributed by atoms with E-state index in [9.17, 15) is 9.59 Å². The van der Waals surface area contributed by atoms with Gasteiger partial charge in [0, 0.05) is 11.3 Å². The number of nitrogens with two attached hydrogens (primary N) is 1. The lowest BCUT2D eigenvalue weighted by Gasteiger charge is -2.33. The van der Waals surface area contributed by atoms with E-state index >= 15 is 0 Å². The van der Waals surface area contributed by atoms with Gasteiger partial charge in [0.1, 0.15) is 0 Å². The zero-order valence-electron chi connectivity index (χ0n) is 12.4. The van der Waals surface area contributed by atoms with Gasteiger partial charge in [-0.05, 0) is 57.4 Å². The largest absolute Gasteiger partial charge is 0.366 e. The Morgan fingerprint density at radius 2 is 2.05 bits per heavy atom. The first kappa shape index (κ1) is 17.5. The first-order chi connectivity index (χ1) is 9.42. The maximum absolute atomic E-state index is 12.4. The molecule has 0 aliphatic carbocycles. The number of piperidine rings is 1. The number of aryl methyl sites for hydroxylation is 1. The molecule has 2 amide bonds. The Balaban J connectivity index is 0.00000220. The van der Waals surface area contributed by atoms with E-state index in [-0.39, 0.29) is 18.3 Å². The van der Waals surface area contributed by atoms with Crippen molar-refractivity contribution in [1.82, 2.24) is 5.32 Å². The van der Waals surface area contributed by atoms with Crippen molar-refractivity contribution < 1.29 is 9.59 Å². The molecule has 21 heavy (non-hydrogen) atoms. The van der Waals surface area contributed by atoms with Crippen molar-refractivity contribution in [2.45, 2.75) is 38.6 Å². The number of hydrogen-bond acceptors (Lipinski definition) is 3. The van der Waals surface area contributed by atoms with Gasteiger partial charge in [-0.15, -0.1) is 12.4 Å². The summed E-state index contributed by atoms with van der Waals surface area (Å²) in [5.41, 5.74) is 6.61. The van der Waals surface area contributed by atoms with E-state index in [0.717, 1.165) is 31.4 Å². The molecule has 1 atom stereocenters. The molecule has 0 aromatic heterocycles. The number of halogens is 1. The smallest absolute Gasteiger partial charge is 0.249 e. The van der Waals surface area contributed by atoms with Gasteiger partial charge in [0.15, 0.2) is 0 Å². The van der Waals surface area contributed by atoms with Crippen LogP contribution in [-0.4, -0.2) is 23.9 Å². The zero-order valence-corrected chi connectivity index (χ0v) is 13.2. The average Bonchev–Trinajstić information content (AvgIpc) is 2.41. The molecule has 1 saturated heterocycles. The van der Waals surface area contributed by atoms with Gasteiger partial charge in [0.2, 0.25) is 11.8 Å². The Morgan fingerprint density at radius 1 is 1.33 bits per heavy atom. The summed E-state index contributed by atoms with van der Waals surface area (Å²) in [5, 5.41) is 6.13. The number of anilines is 1. The minimum Gasteiger partial charge on any atom is -0.366 e. The lowest BCUT2D eigenvalue weighted by molar-refractivity contribution is -0.122. The first-order valence-corrected chi connectivity index (χ1v) is 6.89. The monoisotopic (exact) mass is 311 g/mol. The summed E-state index contributed by atoms with van der Waals surface area (Å²) in [4.78, 5) is 23.7. The van der Waals surface area contributed by atoms with Crippen molar-refractivity contribution in [3.05, 3.63) is 29.3 Å². The molecule has 4 N–H and O–H groups in total. The van der Waals surface area contributed by atoms with Gasteiger partial charge < -0.3 is 16.4 Å². The number of nitrogens with one attached hydrogen (secondary N) is 2. The van der Waals surface area contributed by atoms with Crippen LogP contribution >= 0.6 is 12.4 Å². The molecule has 2 rings (SSSR count). The lowest BCUT2D eigenvalue weighted by Crippen LogP contribution is -2.54. The van der Waals surface area contributed by atoms with Crippen molar-refractivity contribution in [2.75, 3.05) is 11.9 Å². The number of carbonyl (C=O) groups is 2. The molecule has 1 aliphatic heterocycles. The predicted octanol–water partition coefficient (Wildman–Crippen LogP) is 1.99. The number of amides is 2. The third kappa shape index (κ3) is 3.95. The van der Waals surface area contributed by atoms with Crippen molar-refractivity contribution in [1.29, 1.82) is 0 Å². The fourth-order valence-corrected chi connectivity index (χ4v) is 2.48. The van der Waals surface area contributed by atoms with Gasteiger partial charge >= 0.3 is 0 Å². The Hall–Kier alpha value is -1.59. The molecule has 1 aromatic carbocycles. The van der Waals surface area contributed by atoms with E-state index < -0.39 is 11.4 Å². The third-order valence-electron chi connectivity index (χ3n) is 3.88. The highest BCUT2D eigenvalue weighted by Crippen LogP contribution is 2.22. The van der Waals surface area contributed by atoms with Crippen LogP contribution in [0.2, 0.25) is 0 Å². The van der Waals surface area contributed by atoms with Crippen LogP contribution in [0, 0.1) is 6.92 Å². The molecule has 0 radical (unpaired) electrons. The second-order valence-corrected chi connectivity index (χ2v) is 5.56. The summed E-state index contributed by atoms with van der Waals surface area (Å²) in [5.74, 6) is -0.558. The number of rotatable bonds is 3. The normalized spacial score (nSPS) is 21.2. The summed E-state index contributed by atoms with van der Waals surface area (Å²) in [7, 11) is 0. The van der Waals surface area contributed by atoms with Crippen molar-refractivity contribution >= 4 is 29.9 Å². The van der Waals surface area contributed by atoms with E-state index in [0.29, 0.717) is 11.3 Å². The molecular formula is C15H22ClN3O2. The third-order valence-corrected chi connectivity index (χ3v) is 3.88. The maximum Gasteiger partial charge on any atom is 0.249 e. The number of hydrogen-bond donors (Lipinski definition) is 3. The standard InChI is InChI=1S/C15H21N3O2.ClH/c1-10-5-6-11(9-12(10)13(16)19)18-14(20)15(2)7-3-4-8-17-15;/h5-6,9,17H,3-4,7-8H2,1-2H3,(H2,16,19)(H,18,20);1H. The summed E-state index contributed by atoms with van der Waals surface area (Å²) < 4.78 is 0. The van der Waals surface area contributed by atoms with Crippen molar-refractivity contribution in [3.63, 3.8) is 0 Å². The van der Waals surface area contributed by atoms with Crippen LogP contribution in [0.3, 0.4) is 0 Å². The number of benzene rings is 1. The van der Waals surface area contributed by atoms with Gasteiger partial charge in [-0.3, -0.25) is 9.59 Å². The van der Waals surface area contributed by atoms with Crippen LogP contribution in [0.15, 0.2) is 18.2 Å². The van der Waals surface area contributed by atoms with E-state index in [1.54, 1.807) is 18.2 Å². The van der Waals surface area contributed by atoms with Gasteiger partial charge in [-0.25, -0.2) is 0 Å². The molecule has 1 aliphatic rings. The fraction of sp³-hybridized carbons (Fsp3) is 0.467. The van der Waals surface area contributed by atoms with Crippen LogP contribution < -0.4 is 16.4 Å². The topological polar surface area (TPSA) is 84.2 Å². The molecule has 0 bridgehead atoms.